The SMILES string of the molecule is CNC(=O)N(C(C)=O)c1cnc(Cl)nc1. The highest BCUT2D eigenvalue weighted by atomic mass is 35.5. The van der Waals surface area contributed by atoms with Gasteiger partial charge in [0.15, 0.2) is 0 Å². The van der Waals surface area contributed by atoms with Crippen molar-refractivity contribution in [3.05, 3.63) is 17.7 Å². The van der Waals surface area contributed by atoms with Crippen LogP contribution in [-0.2, 0) is 4.79 Å². The van der Waals surface area contributed by atoms with Gasteiger partial charge in [-0.15, -0.1) is 0 Å². The first kappa shape index (κ1) is 11.4. The molecular weight excluding hydrogens is 220 g/mol. The largest absolute Gasteiger partial charge is 0.340 e. The van der Waals surface area contributed by atoms with Gasteiger partial charge in [-0.3, -0.25) is 4.79 Å². The van der Waals surface area contributed by atoms with Crippen LogP contribution in [0.3, 0.4) is 0 Å². The zero-order valence-electron chi connectivity index (χ0n) is 8.19. The van der Waals surface area contributed by atoms with Gasteiger partial charge in [0.05, 0.1) is 18.1 Å². The third-order valence-electron chi connectivity index (χ3n) is 1.60. The third-order valence-corrected chi connectivity index (χ3v) is 1.79. The molecule has 1 rings (SSSR count). The van der Waals surface area contributed by atoms with Crippen LogP contribution in [0.5, 0.6) is 0 Å². The number of amides is 3. The fourth-order valence-electron chi connectivity index (χ4n) is 0.975. The summed E-state index contributed by atoms with van der Waals surface area (Å²) >= 11 is 5.48. The van der Waals surface area contributed by atoms with Crippen molar-refractivity contribution in [2.45, 2.75) is 6.92 Å². The predicted octanol–water partition coefficient (Wildman–Crippen LogP) is 0.822. The van der Waals surface area contributed by atoms with Gasteiger partial charge in [-0.25, -0.2) is 19.7 Å². The molecule has 0 aliphatic rings. The molecule has 0 unspecified atom stereocenters. The van der Waals surface area contributed by atoms with Crippen molar-refractivity contribution in [2.75, 3.05) is 11.9 Å². The molecule has 0 aromatic carbocycles. The van der Waals surface area contributed by atoms with Gasteiger partial charge in [-0.05, 0) is 11.6 Å². The van der Waals surface area contributed by atoms with Gasteiger partial charge in [0.2, 0.25) is 11.2 Å². The number of imide groups is 1. The quantitative estimate of drug-likeness (QED) is 0.723. The second kappa shape index (κ2) is 4.70. The molecule has 6 nitrogen and oxygen atoms in total. The Morgan fingerprint density at radius 3 is 2.33 bits per heavy atom. The Hall–Kier alpha value is -1.69. The Labute approximate surface area is 91.3 Å². The van der Waals surface area contributed by atoms with Crippen LogP contribution in [0.4, 0.5) is 10.5 Å². The number of carbonyl (C=O) groups is 2. The number of halogens is 1. The van der Waals surface area contributed by atoms with Crippen LogP contribution in [0.2, 0.25) is 5.28 Å². The van der Waals surface area contributed by atoms with Crippen molar-refractivity contribution in [3.8, 4) is 0 Å². The monoisotopic (exact) mass is 228 g/mol. The molecular formula is C8H9ClN4O2. The minimum Gasteiger partial charge on any atom is -0.340 e. The molecule has 15 heavy (non-hydrogen) atoms. The minimum absolute atomic E-state index is 0.0548. The second-order valence-corrected chi connectivity index (χ2v) is 2.96. The van der Waals surface area contributed by atoms with Gasteiger partial charge < -0.3 is 5.32 Å². The molecule has 0 radical (unpaired) electrons. The van der Waals surface area contributed by atoms with Crippen molar-refractivity contribution in [3.63, 3.8) is 0 Å². The number of anilines is 1. The lowest BCUT2D eigenvalue weighted by Gasteiger charge is -2.17. The maximum atomic E-state index is 11.3. The molecule has 1 heterocycles. The maximum absolute atomic E-state index is 11.3. The maximum Gasteiger partial charge on any atom is 0.328 e. The number of carbonyl (C=O) groups excluding carboxylic acids is 2. The standard InChI is InChI=1S/C8H9ClN4O2/c1-5(14)13(8(15)10-2)6-3-11-7(9)12-4-6/h3-4H,1-2H3,(H,10,15). The summed E-state index contributed by atoms with van der Waals surface area (Å²) in [6.07, 6.45) is 2.60. The summed E-state index contributed by atoms with van der Waals surface area (Å²) in [6.45, 7) is 1.27. The number of hydrogen-bond donors (Lipinski definition) is 1. The summed E-state index contributed by atoms with van der Waals surface area (Å²) in [4.78, 5) is 30.8. The molecule has 0 saturated carbocycles. The summed E-state index contributed by atoms with van der Waals surface area (Å²) < 4.78 is 0. The number of urea groups is 1. The van der Waals surface area contributed by atoms with E-state index in [2.05, 4.69) is 15.3 Å². The first-order valence-electron chi connectivity index (χ1n) is 4.06. The molecule has 0 spiro atoms. The Bertz CT molecular complexity index is 379. The number of aromatic nitrogens is 2. The van der Waals surface area contributed by atoms with E-state index in [9.17, 15) is 9.59 Å². The molecule has 0 aliphatic carbocycles. The second-order valence-electron chi connectivity index (χ2n) is 2.62. The molecule has 1 N–H and O–H groups in total. The normalized spacial score (nSPS) is 9.53. The molecule has 0 saturated heterocycles. The number of hydrogen-bond acceptors (Lipinski definition) is 4. The lowest BCUT2D eigenvalue weighted by Crippen LogP contribution is -2.41. The lowest BCUT2D eigenvalue weighted by molar-refractivity contribution is -0.115. The molecule has 1 aromatic heterocycles. The fourth-order valence-corrected chi connectivity index (χ4v) is 1.07. The molecule has 0 fully saturated rings. The van der Waals surface area contributed by atoms with E-state index in [-0.39, 0.29) is 11.0 Å². The summed E-state index contributed by atoms with van der Waals surface area (Å²) in [6, 6.07) is -0.548. The van der Waals surface area contributed by atoms with Gasteiger partial charge in [-0.1, -0.05) is 0 Å². The highest BCUT2D eigenvalue weighted by molar-refractivity contribution is 6.28. The Kier molecular flexibility index (Phi) is 3.56. The van der Waals surface area contributed by atoms with E-state index in [1.54, 1.807) is 0 Å². The average Bonchev–Trinajstić information content (AvgIpc) is 2.20. The first-order valence-corrected chi connectivity index (χ1v) is 4.44. The van der Waals surface area contributed by atoms with Crippen LogP contribution in [0.25, 0.3) is 0 Å². The molecule has 0 aliphatic heterocycles. The van der Waals surface area contributed by atoms with Gasteiger partial charge >= 0.3 is 6.03 Å². The summed E-state index contributed by atoms with van der Waals surface area (Å²) in [7, 11) is 1.43. The van der Waals surface area contributed by atoms with Crippen molar-refractivity contribution in [2.24, 2.45) is 0 Å². The number of nitrogens with zero attached hydrogens (tertiary/aromatic N) is 3. The van der Waals surface area contributed by atoms with Gasteiger partial charge in [-0.2, -0.15) is 0 Å². The number of nitrogens with one attached hydrogen (secondary N) is 1. The average molecular weight is 229 g/mol. The summed E-state index contributed by atoms with van der Waals surface area (Å²) in [5.74, 6) is -0.430. The highest BCUT2D eigenvalue weighted by Gasteiger charge is 2.19. The molecule has 7 heteroatoms. The molecule has 0 atom stereocenters. The van der Waals surface area contributed by atoms with E-state index in [0.29, 0.717) is 0 Å². The molecule has 0 bridgehead atoms. The van der Waals surface area contributed by atoms with Crippen molar-refractivity contribution in [1.29, 1.82) is 0 Å². The molecule has 1 aromatic rings. The predicted molar refractivity (Wildman–Crippen MR) is 54.7 cm³/mol. The Morgan fingerprint density at radius 1 is 1.40 bits per heavy atom. The Balaban J connectivity index is 3.04. The Morgan fingerprint density at radius 2 is 1.93 bits per heavy atom. The van der Waals surface area contributed by atoms with Crippen LogP contribution in [0, 0.1) is 0 Å². The van der Waals surface area contributed by atoms with Gasteiger partial charge in [0, 0.05) is 14.0 Å². The van der Waals surface area contributed by atoms with E-state index < -0.39 is 11.9 Å². The van der Waals surface area contributed by atoms with Gasteiger partial charge in [0.1, 0.15) is 0 Å². The fraction of sp³-hybridized carbons (Fsp3) is 0.250. The smallest absolute Gasteiger partial charge is 0.328 e. The summed E-state index contributed by atoms with van der Waals surface area (Å²) in [5, 5.41) is 2.39. The minimum atomic E-state index is -0.548. The zero-order valence-corrected chi connectivity index (χ0v) is 8.95. The van der Waals surface area contributed by atoms with Crippen LogP contribution in [-0.4, -0.2) is 29.0 Å². The van der Waals surface area contributed by atoms with E-state index in [1.165, 1.54) is 26.4 Å². The van der Waals surface area contributed by atoms with Crippen molar-refractivity contribution in [1.82, 2.24) is 15.3 Å². The zero-order chi connectivity index (χ0) is 11.4. The van der Waals surface area contributed by atoms with Gasteiger partial charge in [0.25, 0.3) is 0 Å². The molecule has 80 valence electrons. The topological polar surface area (TPSA) is 75.2 Å². The van der Waals surface area contributed by atoms with Crippen molar-refractivity contribution < 1.29 is 9.59 Å². The number of rotatable bonds is 1. The van der Waals surface area contributed by atoms with E-state index in [4.69, 9.17) is 11.6 Å². The van der Waals surface area contributed by atoms with Crippen molar-refractivity contribution >= 4 is 29.2 Å². The van der Waals surface area contributed by atoms with Crippen LogP contribution in [0.15, 0.2) is 12.4 Å². The highest BCUT2D eigenvalue weighted by Crippen LogP contribution is 2.12. The molecule has 3 amide bonds. The van der Waals surface area contributed by atoms with E-state index >= 15 is 0 Å². The lowest BCUT2D eigenvalue weighted by atomic mass is 10.4. The first-order chi connectivity index (χ1) is 7.06. The van der Waals surface area contributed by atoms with E-state index in [1.807, 2.05) is 0 Å². The van der Waals surface area contributed by atoms with Crippen LogP contribution in [0.1, 0.15) is 6.92 Å². The van der Waals surface area contributed by atoms with Crippen LogP contribution >= 0.6 is 11.6 Å². The van der Waals surface area contributed by atoms with E-state index in [0.717, 1.165) is 4.90 Å². The third kappa shape index (κ3) is 2.63. The van der Waals surface area contributed by atoms with Crippen LogP contribution < -0.4 is 10.2 Å². The summed E-state index contributed by atoms with van der Waals surface area (Å²) in [5.41, 5.74) is 0.270.